The van der Waals surface area contributed by atoms with E-state index in [0.29, 0.717) is 24.3 Å². The van der Waals surface area contributed by atoms with Crippen molar-refractivity contribution >= 4 is 17.5 Å². The first kappa shape index (κ1) is 12.2. The number of hydrogen-bond donors (Lipinski definition) is 0. The van der Waals surface area contributed by atoms with E-state index < -0.39 is 0 Å². The zero-order chi connectivity index (χ0) is 11.4. The predicted octanol–water partition coefficient (Wildman–Crippen LogP) is 1.89. The number of likely N-dealkylation sites (tertiary alicyclic amines) is 1. The molecular formula is C12H20ClNO2. The van der Waals surface area contributed by atoms with E-state index in [4.69, 9.17) is 16.3 Å². The topological polar surface area (TPSA) is 29.5 Å². The Kier molecular flexibility index (Phi) is 4.47. The minimum atomic E-state index is 0.114. The van der Waals surface area contributed by atoms with Crippen molar-refractivity contribution in [1.82, 2.24) is 4.90 Å². The van der Waals surface area contributed by atoms with Gasteiger partial charge >= 0.3 is 0 Å². The van der Waals surface area contributed by atoms with E-state index in [-0.39, 0.29) is 5.92 Å². The van der Waals surface area contributed by atoms with Gasteiger partial charge in [0.1, 0.15) is 0 Å². The van der Waals surface area contributed by atoms with E-state index in [2.05, 4.69) is 0 Å². The normalized spacial score (nSPS) is 30.7. The zero-order valence-electron chi connectivity index (χ0n) is 9.66. The van der Waals surface area contributed by atoms with Crippen LogP contribution in [0.1, 0.15) is 25.7 Å². The van der Waals surface area contributed by atoms with Gasteiger partial charge in [0.15, 0.2) is 0 Å². The Labute approximate surface area is 102 Å². The fourth-order valence-electron chi connectivity index (χ4n) is 2.62. The number of rotatable bonds is 3. The van der Waals surface area contributed by atoms with Gasteiger partial charge in [0.05, 0.1) is 12.5 Å². The van der Waals surface area contributed by atoms with Gasteiger partial charge in [-0.15, -0.1) is 11.6 Å². The molecule has 0 N–H and O–H groups in total. The molecule has 2 aliphatic rings. The van der Waals surface area contributed by atoms with Crippen LogP contribution in [0, 0.1) is 11.8 Å². The molecule has 2 aliphatic heterocycles. The summed E-state index contributed by atoms with van der Waals surface area (Å²) < 4.78 is 5.37. The van der Waals surface area contributed by atoms with Crippen molar-refractivity contribution in [3.05, 3.63) is 0 Å². The molecule has 4 heteroatoms. The van der Waals surface area contributed by atoms with Gasteiger partial charge in [0.25, 0.3) is 0 Å². The molecule has 1 amide bonds. The van der Waals surface area contributed by atoms with Crippen LogP contribution in [0.2, 0.25) is 0 Å². The van der Waals surface area contributed by atoms with Gasteiger partial charge in [-0.1, -0.05) is 0 Å². The van der Waals surface area contributed by atoms with E-state index in [1.807, 2.05) is 4.90 Å². The van der Waals surface area contributed by atoms with Crippen molar-refractivity contribution < 1.29 is 9.53 Å². The third-order valence-corrected chi connectivity index (χ3v) is 3.84. The average molecular weight is 246 g/mol. The minimum Gasteiger partial charge on any atom is -0.381 e. The summed E-state index contributed by atoms with van der Waals surface area (Å²) in [5, 5.41) is 0. The number of hydrogen-bond acceptors (Lipinski definition) is 2. The smallest absolute Gasteiger partial charge is 0.228 e. The van der Waals surface area contributed by atoms with E-state index >= 15 is 0 Å². The number of nitrogens with zero attached hydrogens (tertiary/aromatic N) is 1. The molecule has 2 rings (SSSR count). The minimum absolute atomic E-state index is 0.114. The van der Waals surface area contributed by atoms with Gasteiger partial charge in [-0.3, -0.25) is 4.79 Å². The molecule has 0 bridgehead atoms. The van der Waals surface area contributed by atoms with Crippen LogP contribution < -0.4 is 0 Å². The molecule has 92 valence electrons. The van der Waals surface area contributed by atoms with Crippen molar-refractivity contribution in [2.45, 2.75) is 25.7 Å². The molecular weight excluding hydrogens is 226 g/mol. The number of alkyl halides is 1. The van der Waals surface area contributed by atoms with Crippen molar-refractivity contribution in [2.75, 3.05) is 32.2 Å². The standard InChI is InChI=1S/C12H20ClNO2/c13-5-3-10-4-6-14(8-10)12(15)11-2-1-7-16-9-11/h10-11H,1-9H2. The average Bonchev–Trinajstić information content (AvgIpc) is 2.78. The summed E-state index contributed by atoms with van der Waals surface area (Å²) >= 11 is 5.73. The Hall–Kier alpha value is -0.280. The summed E-state index contributed by atoms with van der Waals surface area (Å²) in [5.74, 6) is 1.74. The van der Waals surface area contributed by atoms with Gasteiger partial charge in [0, 0.05) is 25.6 Å². The molecule has 0 aliphatic carbocycles. The highest BCUT2D eigenvalue weighted by molar-refractivity contribution is 6.17. The summed E-state index contributed by atoms with van der Waals surface area (Å²) in [6.07, 6.45) is 4.17. The molecule has 0 saturated carbocycles. The first-order valence-electron chi connectivity index (χ1n) is 6.23. The number of amides is 1. The lowest BCUT2D eigenvalue weighted by Crippen LogP contribution is -2.38. The Bertz CT molecular complexity index is 241. The molecule has 0 spiro atoms. The van der Waals surface area contributed by atoms with Crippen LogP contribution in [0.4, 0.5) is 0 Å². The second-order valence-corrected chi connectivity index (χ2v) is 5.21. The monoisotopic (exact) mass is 245 g/mol. The van der Waals surface area contributed by atoms with E-state index in [0.717, 1.165) is 45.4 Å². The third kappa shape index (κ3) is 2.89. The summed E-state index contributed by atoms with van der Waals surface area (Å²) in [7, 11) is 0. The highest BCUT2D eigenvalue weighted by Gasteiger charge is 2.31. The molecule has 2 saturated heterocycles. The van der Waals surface area contributed by atoms with Crippen molar-refractivity contribution in [2.24, 2.45) is 11.8 Å². The second-order valence-electron chi connectivity index (χ2n) is 4.83. The molecule has 2 unspecified atom stereocenters. The highest BCUT2D eigenvalue weighted by Crippen LogP contribution is 2.24. The van der Waals surface area contributed by atoms with Gasteiger partial charge in [-0.05, 0) is 31.6 Å². The molecule has 2 atom stereocenters. The first-order chi connectivity index (χ1) is 7.81. The highest BCUT2D eigenvalue weighted by atomic mass is 35.5. The van der Waals surface area contributed by atoms with Gasteiger partial charge < -0.3 is 9.64 Å². The lowest BCUT2D eigenvalue weighted by atomic mass is 10.0. The molecule has 3 nitrogen and oxygen atoms in total. The number of ether oxygens (including phenoxy) is 1. The summed E-state index contributed by atoms with van der Waals surface area (Å²) in [6.45, 7) is 3.26. The maximum absolute atomic E-state index is 12.2. The van der Waals surface area contributed by atoms with Crippen molar-refractivity contribution in [3.8, 4) is 0 Å². The van der Waals surface area contributed by atoms with E-state index in [1.165, 1.54) is 0 Å². The largest absolute Gasteiger partial charge is 0.381 e. The molecule has 16 heavy (non-hydrogen) atoms. The number of carbonyl (C=O) groups excluding carboxylic acids is 1. The lowest BCUT2D eigenvalue weighted by Gasteiger charge is -2.26. The van der Waals surface area contributed by atoms with Crippen LogP contribution in [0.3, 0.4) is 0 Å². The number of carbonyl (C=O) groups is 1. The molecule has 0 aromatic rings. The first-order valence-corrected chi connectivity index (χ1v) is 6.77. The molecule has 0 aromatic carbocycles. The van der Waals surface area contributed by atoms with Crippen LogP contribution in [0.5, 0.6) is 0 Å². The number of halogens is 1. The summed E-state index contributed by atoms with van der Waals surface area (Å²) in [4.78, 5) is 14.2. The fraction of sp³-hybridized carbons (Fsp3) is 0.917. The SMILES string of the molecule is O=C(C1CCCOC1)N1CCC(CCCl)C1. The molecule has 2 heterocycles. The molecule has 0 aromatic heterocycles. The third-order valence-electron chi connectivity index (χ3n) is 3.62. The van der Waals surface area contributed by atoms with Crippen LogP contribution in [0.25, 0.3) is 0 Å². The van der Waals surface area contributed by atoms with Crippen LogP contribution in [-0.2, 0) is 9.53 Å². The van der Waals surface area contributed by atoms with Crippen LogP contribution >= 0.6 is 11.6 Å². The van der Waals surface area contributed by atoms with Crippen molar-refractivity contribution in [3.63, 3.8) is 0 Å². The van der Waals surface area contributed by atoms with Gasteiger partial charge in [-0.25, -0.2) is 0 Å². The second kappa shape index (κ2) is 5.87. The maximum Gasteiger partial charge on any atom is 0.228 e. The lowest BCUT2D eigenvalue weighted by molar-refractivity contribution is -0.138. The van der Waals surface area contributed by atoms with Crippen LogP contribution in [-0.4, -0.2) is 43.0 Å². The van der Waals surface area contributed by atoms with Gasteiger partial charge in [-0.2, -0.15) is 0 Å². The molecule has 2 fully saturated rings. The van der Waals surface area contributed by atoms with Crippen LogP contribution in [0.15, 0.2) is 0 Å². The van der Waals surface area contributed by atoms with E-state index in [9.17, 15) is 4.79 Å². The maximum atomic E-state index is 12.2. The Balaban J connectivity index is 1.81. The molecule has 0 radical (unpaired) electrons. The fourth-order valence-corrected chi connectivity index (χ4v) is 2.93. The van der Waals surface area contributed by atoms with Crippen molar-refractivity contribution in [1.29, 1.82) is 0 Å². The summed E-state index contributed by atoms with van der Waals surface area (Å²) in [5.41, 5.74) is 0. The van der Waals surface area contributed by atoms with Gasteiger partial charge in [0.2, 0.25) is 5.91 Å². The summed E-state index contributed by atoms with van der Waals surface area (Å²) in [6, 6.07) is 0. The zero-order valence-corrected chi connectivity index (χ0v) is 10.4. The Morgan fingerprint density at radius 1 is 1.44 bits per heavy atom. The Morgan fingerprint density at radius 2 is 2.31 bits per heavy atom. The Morgan fingerprint density at radius 3 is 3.00 bits per heavy atom. The predicted molar refractivity (Wildman–Crippen MR) is 63.6 cm³/mol. The van der Waals surface area contributed by atoms with E-state index in [1.54, 1.807) is 0 Å². The quantitative estimate of drug-likeness (QED) is 0.711.